The lowest BCUT2D eigenvalue weighted by atomic mass is 10.2. The molecule has 0 aliphatic carbocycles. The summed E-state index contributed by atoms with van der Waals surface area (Å²) in [6.45, 7) is 0. The van der Waals surface area contributed by atoms with Gasteiger partial charge in [-0.3, -0.25) is 4.98 Å². The molecule has 1 aromatic heterocycles. The summed E-state index contributed by atoms with van der Waals surface area (Å²) in [7, 11) is 0. The molecular formula is C11H11NO. The first-order valence-electron chi connectivity index (χ1n) is 4.02. The SMILES string of the molecule is C#CCC(O)/C=C/c1ccncc1. The molecule has 1 heterocycles. The summed E-state index contributed by atoms with van der Waals surface area (Å²) in [4.78, 5) is 3.88. The van der Waals surface area contributed by atoms with Crippen LogP contribution >= 0.6 is 0 Å². The molecule has 0 spiro atoms. The zero-order valence-electron chi connectivity index (χ0n) is 7.22. The third-order valence-corrected chi connectivity index (χ3v) is 1.54. The molecule has 0 aromatic carbocycles. The van der Waals surface area contributed by atoms with Gasteiger partial charge in [0.2, 0.25) is 0 Å². The Balaban J connectivity index is 2.55. The Bertz CT molecular complexity index is 311. The predicted molar refractivity (Wildman–Crippen MR) is 52.7 cm³/mol. The molecule has 66 valence electrons. The smallest absolute Gasteiger partial charge is 0.0833 e. The maximum Gasteiger partial charge on any atom is 0.0833 e. The Morgan fingerprint density at radius 1 is 1.54 bits per heavy atom. The number of pyridine rings is 1. The van der Waals surface area contributed by atoms with Gasteiger partial charge in [-0.1, -0.05) is 12.2 Å². The molecule has 0 aliphatic heterocycles. The van der Waals surface area contributed by atoms with Gasteiger partial charge in [0.1, 0.15) is 0 Å². The molecular weight excluding hydrogens is 162 g/mol. The minimum Gasteiger partial charge on any atom is -0.388 e. The van der Waals surface area contributed by atoms with Crippen LogP contribution < -0.4 is 0 Å². The highest BCUT2D eigenvalue weighted by atomic mass is 16.3. The maximum atomic E-state index is 9.27. The van der Waals surface area contributed by atoms with Gasteiger partial charge in [0.25, 0.3) is 0 Å². The second-order valence-electron chi connectivity index (χ2n) is 2.62. The molecule has 0 bridgehead atoms. The average molecular weight is 173 g/mol. The van der Waals surface area contributed by atoms with E-state index >= 15 is 0 Å². The van der Waals surface area contributed by atoms with Gasteiger partial charge in [0.15, 0.2) is 0 Å². The van der Waals surface area contributed by atoms with Crippen molar-refractivity contribution in [1.82, 2.24) is 4.98 Å². The topological polar surface area (TPSA) is 33.1 Å². The van der Waals surface area contributed by atoms with E-state index in [4.69, 9.17) is 6.42 Å². The lowest BCUT2D eigenvalue weighted by Crippen LogP contribution is -1.98. The monoisotopic (exact) mass is 173 g/mol. The molecule has 0 amide bonds. The Hall–Kier alpha value is -1.59. The number of nitrogens with zero attached hydrogens (tertiary/aromatic N) is 1. The fourth-order valence-corrected chi connectivity index (χ4v) is 0.886. The Labute approximate surface area is 77.9 Å². The first-order valence-corrected chi connectivity index (χ1v) is 4.02. The summed E-state index contributed by atoms with van der Waals surface area (Å²) < 4.78 is 0. The van der Waals surface area contributed by atoms with Gasteiger partial charge >= 0.3 is 0 Å². The van der Waals surface area contributed by atoms with Crippen molar-refractivity contribution in [2.45, 2.75) is 12.5 Å². The van der Waals surface area contributed by atoms with Crippen molar-refractivity contribution in [2.24, 2.45) is 0 Å². The Morgan fingerprint density at radius 2 is 2.23 bits per heavy atom. The van der Waals surface area contributed by atoms with E-state index in [1.54, 1.807) is 18.5 Å². The molecule has 0 saturated carbocycles. The van der Waals surface area contributed by atoms with E-state index in [0.29, 0.717) is 6.42 Å². The molecule has 0 saturated heterocycles. The number of rotatable bonds is 3. The quantitative estimate of drug-likeness (QED) is 0.702. The van der Waals surface area contributed by atoms with E-state index in [1.165, 1.54) is 0 Å². The number of hydrogen-bond donors (Lipinski definition) is 1. The molecule has 0 aliphatic rings. The van der Waals surface area contributed by atoms with Crippen molar-refractivity contribution in [1.29, 1.82) is 0 Å². The van der Waals surface area contributed by atoms with Gasteiger partial charge in [-0.2, -0.15) is 0 Å². The van der Waals surface area contributed by atoms with E-state index in [0.717, 1.165) is 5.56 Å². The highest BCUT2D eigenvalue weighted by molar-refractivity contribution is 5.48. The van der Waals surface area contributed by atoms with Crippen LogP contribution in [0.4, 0.5) is 0 Å². The standard InChI is InChI=1S/C11H11NO/c1-2-3-11(13)5-4-10-6-8-12-9-7-10/h1,4-9,11,13H,3H2/b5-4+. The van der Waals surface area contributed by atoms with Crippen LogP contribution in [0.15, 0.2) is 30.6 Å². The summed E-state index contributed by atoms with van der Waals surface area (Å²) >= 11 is 0. The summed E-state index contributed by atoms with van der Waals surface area (Å²) in [5.74, 6) is 2.39. The lowest BCUT2D eigenvalue weighted by Gasteiger charge is -1.97. The highest BCUT2D eigenvalue weighted by Crippen LogP contribution is 2.01. The highest BCUT2D eigenvalue weighted by Gasteiger charge is 1.93. The summed E-state index contributed by atoms with van der Waals surface area (Å²) in [6.07, 6.45) is 11.7. The molecule has 1 aromatic rings. The van der Waals surface area contributed by atoms with Crippen LogP contribution in [-0.4, -0.2) is 16.2 Å². The number of terminal acetylenes is 1. The molecule has 0 fully saturated rings. The predicted octanol–water partition coefficient (Wildman–Crippen LogP) is 1.48. The molecule has 1 N–H and O–H groups in total. The van der Waals surface area contributed by atoms with Crippen LogP contribution in [0.3, 0.4) is 0 Å². The van der Waals surface area contributed by atoms with Gasteiger partial charge in [0, 0.05) is 18.8 Å². The normalized spacial score (nSPS) is 12.6. The van der Waals surface area contributed by atoms with E-state index in [1.807, 2.05) is 18.2 Å². The van der Waals surface area contributed by atoms with Gasteiger partial charge in [0.05, 0.1) is 6.10 Å². The molecule has 1 atom stereocenters. The summed E-state index contributed by atoms with van der Waals surface area (Å²) in [5.41, 5.74) is 1.01. The average Bonchev–Trinajstić information content (AvgIpc) is 2.17. The van der Waals surface area contributed by atoms with Crippen molar-refractivity contribution < 1.29 is 5.11 Å². The minimum atomic E-state index is -0.557. The van der Waals surface area contributed by atoms with Crippen LogP contribution in [0.5, 0.6) is 0 Å². The van der Waals surface area contributed by atoms with Crippen molar-refractivity contribution >= 4 is 6.08 Å². The molecule has 0 radical (unpaired) electrons. The van der Waals surface area contributed by atoms with Crippen molar-refractivity contribution in [3.8, 4) is 12.3 Å². The summed E-state index contributed by atoms with van der Waals surface area (Å²) in [6, 6.07) is 3.72. The fourth-order valence-electron chi connectivity index (χ4n) is 0.886. The lowest BCUT2D eigenvalue weighted by molar-refractivity contribution is 0.230. The maximum absolute atomic E-state index is 9.27. The van der Waals surface area contributed by atoms with Gasteiger partial charge < -0.3 is 5.11 Å². The Morgan fingerprint density at radius 3 is 2.85 bits per heavy atom. The van der Waals surface area contributed by atoms with E-state index in [2.05, 4.69) is 10.9 Å². The van der Waals surface area contributed by atoms with Crippen LogP contribution in [-0.2, 0) is 0 Å². The fraction of sp³-hybridized carbons (Fsp3) is 0.182. The third-order valence-electron chi connectivity index (χ3n) is 1.54. The van der Waals surface area contributed by atoms with E-state index in [9.17, 15) is 5.11 Å². The second kappa shape index (κ2) is 5.13. The molecule has 2 heteroatoms. The Kier molecular flexibility index (Phi) is 3.74. The minimum absolute atomic E-state index is 0.349. The van der Waals surface area contributed by atoms with Crippen molar-refractivity contribution in [3.63, 3.8) is 0 Å². The largest absolute Gasteiger partial charge is 0.388 e. The first-order chi connectivity index (χ1) is 6.33. The van der Waals surface area contributed by atoms with Crippen LogP contribution in [0, 0.1) is 12.3 Å². The van der Waals surface area contributed by atoms with Crippen molar-refractivity contribution in [2.75, 3.05) is 0 Å². The van der Waals surface area contributed by atoms with E-state index in [-0.39, 0.29) is 0 Å². The van der Waals surface area contributed by atoms with Crippen LogP contribution in [0.1, 0.15) is 12.0 Å². The van der Waals surface area contributed by atoms with E-state index < -0.39 is 6.10 Å². The molecule has 1 unspecified atom stereocenters. The van der Waals surface area contributed by atoms with Gasteiger partial charge in [-0.25, -0.2) is 0 Å². The van der Waals surface area contributed by atoms with Crippen molar-refractivity contribution in [3.05, 3.63) is 36.2 Å². The number of aliphatic hydroxyl groups is 1. The summed E-state index contributed by atoms with van der Waals surface area (Å²) in [5, 5.41) is 9.27. The third kappa shape index (κ3) is 3.55. The zero-order valence-corrected chi connectivity index (χ0v) is 7.22. The van der Waals surface area contributed by atoms with Gasteiger partial charge in [-0.05, 0) is 17.7 Å². The molecule has 2 nitrogen and oxygen atoms in total. The van der Waals surface area contributed by atoms with Crippen LogP contribution in [0.25, 0.3) is 6.08 Å². The zero-order chi connectivity index (χ0) is 9.52. The second-order valence-corrected chi connectivity index (χ2v) is 2.62. The van der Waals surface area contributed by atoms with Gasteiger partial charge in [-0.15, -0.1) is 12.3 Å². The first kappa shape index (κ1) is 9.50. The molecule has 1 rings (SSSR count). The number of hydrogen-bond acceptors (Lipinski definition) is 2. The molecule has 13 heavy (non-hydrogen) atoms. The van der Waals surface area contributed by atoms with Crippen LogP contribution in [0.2, 0.25) is 0 Å². The number of aliphatic hydroxyl groups excluding tert-OH is 1. The number of aromatic nitrogens is 1.